The molecule has 2 atom stereocenters. The lowest BCUT2D eigenvalue weighted by atomic mass is 9.96. The second-order valence-corrected chi connectivity index (χ2v) is 5.81. The van der Waals surface area contributed by atoms with Crippen molar-refractivity contribution in [3.63, 3.8) is 0 Å². The van der Waals surface area contributed by atoms with Gasteiger partial charge in [-0.25, -0.2) is 0 Å². The number of alkyl halides is 1. The second kappa shape index (κ2) is 8.92. The van der Waals surface area contributed by atoms with E-state index in [4.69, 9.17) is 4.74 Å². The topological polar surface area (TPSA) is 29.5 Å². The van der Waals surface area contributed by atoms with Crippen LogP contribution in [-0.2, 0) is 9.53 Å². The number of carbonyl (C=O) groups is 1. The van der Waals surface area contributed by atoms with E-state index in [1.54, 1.807) is 0 Å². The van der Waals surface area contributed by atoms with Gasteiger partial charge in [0, 0.05) is 18.4 Å². The number of hydrogen-bond acceptors (Lipinski definition) is 3. The molecule has 0 aromatic heterocycles. The lowest BCUT2D eigenvalue weighted by molar-refractivity contribution is -0.150. The smallest absolute Gasteiger partial charge is 0.310 e. The first-order valence-corrected chi connectivity index (χ1v) is 8.28. The predicted molar refractivity (Wildman–Crippen MR) is 78.0 cm³/mol. The summed E-state index contributed by atoms with van der Waals surface area (Å²) in [4.78, 5) is 14.2. The van der Waals surface area contributed by atoms with Crippen molar-refractivity contribution >= 4 is 21.9 Å². The zero-order valence-corrected chi connectivity index (χ0v) is 13.2. The van der Waals surface area contributed by atoms with Gasteiger partial charge in [-0.2, -0.15) is 0 Å². The van der Waals surface area contributed by atoms with Crippen LogP contribution in [0.25, 0.3) is 0 Å². The first-order chi connectivity index (χ1) is 8.71. The van der Waals surface area contributed by atoms with Crippen molar-refractivity contribution in [1.29, 1.82) is 0 Å². The van der Waals surface area contributed by atoms with Crippen LogP contribution in [0.2, 0.25) is 0 Å². The van der Waals surface area contributed by atoms with Crippen LogP contribution in [0.3, 0.4) is 0 Å². The number of piperidine rings is 1. The van der Waals surface area contributed by atoms with Crippen LogP contribution in [-0.4, -0.2) is 42.4 Å². The molecule has 4 heteroatoms. The van der Waals surface area contributed by atoms with E-state index in [0.29, 0.717) is 12.5 Å². The van der Waals surface area contributed by atoms with Gasteiger partial charge in [0.1, 0.15) is 0 Å². The molecule has 3 nitrogen and oxygen atoms in total. The maximum atomic E-state index is 11.8. The highest BCUT2D eigenvalue weighted by Crippen LogP contribution is 2.20. The monoisotopic (exact) mass is 319 g/mol. The molecule has 1 aliphatic rings. The number of carbonyl (C=O) groups excluding carboxylic acids is 1. The molecule has 0 aromatic carbocycles. The number of hydrogen-bond donors (Lipinski definition) is 0. The van der Waals surface area contributed by atoms with Gasteiger partial charge in [-0.05, 0) is 38.6 Å². The normalized spacial score (nSPS) is 22.7. The van der Waals surface area contributed by atoms with Crippen LogP contribution in [0.4, 0.5) is 0 Å². The number of rotatable bonds is 7. The zero-order valence-electron chi connectivity index (χ0n) is 11.7. The molecule has 0 radical (unpaired) electrons. The van der Waals surface area contributed by atoms with Crippen LogP contribution in [0.15, 0.2) is 0 Å². The standard InChI is InChI=1S/C14H26BrNO2/c1-3-6-12(9-15)10-16-8-5-7-13(11-16)14(17)18-4-2/h12-13H,3-11H2,1-2H3. The van der Waals surface area contributed by atoms with Crippen LogP contribution in [0.1, 0.15) is 39.5 Å². The Labute approximate surface area is 119 Å². The number of esters is 1. The largest absolute Gasteiger partial charge is 0.466 e. The summed E-state index contributed by atoms with van der Waals surface area (Å²) >= 11 is 3.59. The van der Waals surface area contributed by atoms with Gasteiger partial charge in [-0.3, -0.25) is 4.79 Å². The van der Waals surface area contributed by atoms with Gasteiger partial charge in [-0.15, -0.1) is 0 Å². The highest BCUT2D eigenvalue weighted by atomic mass is 79.9. The molecule has 1 saturated heterocycles. The Balaban J connectivity index is 2.40. The van der Waals surface area contributed by atoms with Crippen LogP contribution in [0, 0.1) is 11.8 Å². The van der Waals surface area contributed by atoms with Crippen molar-refractivity contribution in [3.8, 4) is 0 Å². The number of likely N-dealkylation sites (tertiary alicyclic amines) is 1. The third kappa shape index (κ3) is 5.27. The number of halogens is 1. The third-order valence-corrected chi connectivity index (χ3v) is 4.47. The Morgan fingerprint density at radius 2 is 2.28 bits per heavy atom. The summed E-state index contributed by atoms with van der Waals surface area (Å²) in [5.74, 6) is 0.792. The van der Waals surface area contributed by atoms with E-state index in [-0.39, 0.29) is 11.9 Å². The van der Waals surface area contributed by atoms with Gasteiger partial charge in [0.2, 0.25) is 0 Å². The summed E-state index contributed by atoms with van der Waals surface area (Å²) in [7, 11) is 0. The fourth-order valence-corrected chi connectivity index (χ4v) is 3.19. The van der Waals surface area contributed by atoms with Gasteiger partial charge in [0.15, 0.2) is 0 Å². The summed E-state index contributed by atoms with van der Waals surface area (Å²) in [6.07, 6.45) is 4.59. The van der Waals surface area contributed by atoms with E-state index in [1.165, 1.54) is 12.8 Å². The van der Waals surface area contributed by atoms with Crippen molar-refractivity contribution < 1.29 is 9.53 Å². The molecule has 0 aliphatic carbocycles. The predicted octanol–water partition coefficient (Wildman–Crippen LogP) is 3.07. The summed E-state index contributed by atoms with van der Waals surface area (Å²) in [6, 6.07) is 0. The minimum Gasteiger partial charge on any atom is -0.466 e. The summed E-state index contributed by atoms with van der Waals surface area (Å²) in [5, 5.41) is 1.06. The van der Waals surface area contributed by atoms with E-state index in [2.05, 4.69) is 27.8 Å². The van der Waals surface area contributed by atoms with Crippen molar-refractivity contribution in [2.45, 2.75) is 39.5 Å². The minimum atomic E-state index is -0.00640. The highest BCUT2D eigenvalue weighted by Gasteiger charge is 2.27. The second-order valence-electron chi connectivity index (χ2n) is 5.16. The average molecular weight is 320 g/mol. The van der Waals surface area contributed by atoms with Gasteiger partial charge in [-0.1, -0.05) is 29.3 Å². The number of nitrogens with zero attached hydrogens (tertiary/aromatic N) is 1. The minimum absolute atomic E-state index is 0.00640. The van der Waals surface area contributed by atoms with Gasteiger partial charge in [0.05, 0.1) is 12.5 Å². The molecular formula is C14H26BrNO2. The van der Waals surface area contributed by atoms with E-state index >= 15 is 0 Å². The maximum absolute atomic E-state index is 11.8. The van der Waals surface area contributed by atoms with Crippen molar-refractivity contribution in [2.75, 3.05) is 31.6 Å². The van der Waals surface area contributed by atoms with Crippen LogP contribution < -0.4 is 0 Å². The Morgan fingerprint density at radius 3 is 2.89 bits per heavy atom. The molecular weight excluding hydrogens is 294 g/mol. The maximum Gasteiger partial charge on any atom is 0.310 e. The first-order valence-electron chi connectivity index (χ1n) is 7.16. The Kier molecular flexibility index (Phi) is 7.91. The quantitative estimate of drug-likeness (QED) is 0.533. The molecule has 18 heavy (non-hydrogen) atoms. The SMILES string of the molecule is CCCC(CBr)CN1CCCC(C(=O)OCC)C1. The van der Waals surface area contributed by atoms with Crippen molar-refractivity contribution in [3.05, 3.63) is 0 Å². The van der Waals surface area contributed by atoms with Crippen LogP contribution in [0.5, 0.6) is 0 Å². The lowest BCUT2D eigenvalue weighted by Crippen LogP contribution is -2.41. The molecule has 1 aliphatic heterocycles. The van der Waals surface area contributed by atoms with Crippen LogP contribution >= 0.6 is 15.9 Å². The summed E-state index contributed by atoms with van der Waals surface area (Å²) < 4.78 is 5.13. The molecule has 1 fully saturated rings. The van der Waals surface area contributed by atoms with E-state index in [0.717, 1.165) is 37.8 Å². The average Bonchev–Trinajstić information content (AvgIpc) is 2.39. The van der Waals surface area contributed by atoms with Crippen molar-refractivity contribution in [1.82, 2.24) is 4.90 Å². The summed E-state index contributed by atoms with van der Waals surface area (Å²) in [5.41, 5.74) is 0. The van der Waals surface area contributed by atoms with E-state index < -0.39 is 0 Å². The fourth-order valence-electron chi connectivity index (χ4n) is 2.66. The molecule has 0 amide bonds. The molecule has 0 bridgehead atoms. The van der Waals surface area contributed by atoms with Gasteiger partial charge >= 0.3 is 5.97 Å². The molecule has 0 aromatic rings. The third-order valence-electron chi connectivity index (χ3n) is 3.56. The van der Waals surface area contributed by atoms with Gasteiger partial charge < -0.3 is 9.64 Å². The molecule has 106 valence electrons. The van der Waals surface area contributed by atoms with Crippen molar-refractivity contribution in [2.24, 2.45) is 11.8 Å². The summed E-state index contributed by atoms with van der Waals surface area (Å²) in [6.45, 7) is 7.72. The molecule has 1 rings (SSSR count). The lowest BCUT2D eigenvalue weighted by Gasteiger charge is -2.33. The molecule has 1 heterocycles. The van der Waals surface area contributed by atoms with Gasteiger partial charge in [0.25, 0.3) is 0 Å². The Hall–Kier alpha value is -0.0900. The Bertz CT molecular complexity index is 248. The molecule has 0 spiro atoms. The van der Waals surface area contributed by atoms with E-state index in [1.807, 2.05) is 6.92 Å². The molecule has 2 unspecified atom stereocenters. The van der Waals surface area contributed by atoms with E-state index in [9.17, 15) is 4.79 Å². The Morgan fingerprint density at radius 1 is 1.50 bits per heavy atom. The number of ether oxygens (including phenoxy) is 1. The fraction of sp³-hybridized carbons (Fsp3) is 0.929. The highest BCUT2D eigenvalue weighted by molar-refractivity contribution is 9.09. The molecule has 0 saturated carbocycles. The molecule has 0 N–H and O–H groups in total. The zero-order chi connectivity index (χ0) is 13.4. The first kappa shape index (κ1) is 16.0.